The molecule has 1 unspecified atom stereocenters. The number of fused-ring (bicyclic) bond motifs is 1. The molecule has 1 atom stereocenters. The number of nitrogens with one attached hydrogen (secondary N) is 2. The molecule has 0 spiro atoms. The minimum Gasteiger partial charge on any atom is -0.322 e. The normalized spacial score (nSPS) is 18.7. The van der Waals surface area contributed by atoms with Crippen molar-refractivity contribution in [2.24, 2.45) is 0 Å². The Hall–Kier alpha value is -3.56. The van der Waals surface area contributed by atoms with Gasteiger partial charge >= 0.3 is 0 Å². The van der Waals surface area contributed by atoms with E-state index < -0.39 is 0 Å². The number of H-pyrrole nitrogens is 1. The van der Waals surface area contributed by atoms with Gasteiger partial charge in [-0.05, 0) is 49.2 Å². The molecule has 1 aliphatic carbocycles. The molecule has 1 amide bonds. The zero-order valence-corrected chi connectivity index (χ0v) is 16.4. The second-order valence-corrected chi connectivity index (χ2v) is 7.51. The van der Waals surface area contributed by atoms with Crippen molar-refractivity contribution in [3.8, 4) is 11.4 Å². The summed E-state index contributed by atoms with van der Waals surface area (Å²) in [5.41, 5.74) is 2.97. The number of hydrogen-bond acceptors (Lipinski definition) is 7. The Labute approximate surface area is 167 Å². The first-order valence-electron chi connectivity index (χ1n) is 9.59. The zero-order valence-electron chi connectivity index (χ0n) is 16.4. The van der Waals surface area contributed by atoms with Crippen LogP contribution in [-0.2, 0) is 4.79 Å². The molecule has 2 N–H and O–H groups in total. The number of carbonyl (C=O) groups excluding carboxylic acids is 1. The summed E-state index contributed by atoms with van der Waals surface area (Å²) in [7, 11) is 1.85. The summed E-state index contributed by atoms with van der Waals surface area (Å²) in [6.07, 6.45) is 2.32. The SMILES string of the molecule is CC1=C(C(=O)Nc2cccc(-c3n[nH]c(C4CC4)n3)c2)C(C)n2nnnc2N1C. The molecule has 0 saturated heterocycles. The number of anilines is 2. The fourth-order valence-electron chi connectivity index (χ4n) is 3.65. The summed E-state index contributed by atoms with van der Waals surface area (Å²) in [6.45, 7) is 3.81. The predicted molar refractivity (Wildman–Crippen MR) is 106 cm³/mol. The van der Waals surface area contributed by atoms with E-state index in [4.69, 9.17) is 0 Å². The van der Waals surface area contributed by atoms with Crippen molar-refractivity contribution < 1.29 is 4.79 Å². The van der Waals surface area contributed by atoms with E-state index in [1.807, 2.05) is 50.1 Å². The Kier molecular flexibility index (Phi) is 3.93. The van der Waals surface area contributed by atoms with Gasteiger partial charge in [0.15, 0.2) is 5.82 Å². The van der Waals surface area contributed by atoms with Gasteiger partial charge in [0, 0.05) is 29.9 Å². The molecule has 1 aromatic carbocycles. The number of nitrogens with zero attached hydrogens (tertiary/aromatic N) is 7. The summed E-state index contributed by atoms with van der Waals surface area (Å²) < 4.78 is 1.64. The van der Waals surface area contributed by atoms with Crippen molar-refractivity contribution in [3.63, 3.8) is 0 Å². The van der Waals surface area contributed by atoms with Crippen LogP contribution in [-0.4, -0.2) is 48.3 Å². The van der Waals surface area contributed by atoms with E-state index in [-0.39, 0.29) is 11.9 Å². The molecule has 10 heteroatoms. The minimum absolute atomic E-state index is 0.186. The van der Waals surface area contributed by atoms with E-state index in [0.29, 0.717) is 29.0 Å². The third-order valence-electron chi connectivity index (χ3n) is 5.54. The zero-order chi connectivity index (χ0) is 20.1. The van der Waals surface area contributed by atoms with Crippen molar-refractivity contribution in [2.75, 3.05) is 17.3 Å². The molecule has 0 bridgehead atoms. The van der Waals surface area contributed by atoms with Gasteiger partial charge < -0.3 is 10.2 Å². The largest absolute Gasteiger partial charge is 0.322 e. The molecule has 3 aromatic rings. The standard InChI is InChI=1S/C19H21N9O/c1-10-15(11(2)28-19(27(10)3)24-25-26-28)18(29)20-14-6-4-5-13(9-14)17-21-16(22-23-17)12-7-8-12/h4-6,9,11-12H,7-8H2,1-3H3,(H,20,29)(H,21,22,23). The van der Waals surface area contributed by atoms with Crippen LogP contribution in [0.5, 0.6) is 0 Å². The van der Waals surface area contributed by atoms with Gasteiger partial charge in [-0.15, -0.1) is 0 Å². The molecule has 2 aromatic heterocycles. The number of carbonyl (C=O) groups is 1. The summed E-state index contributed by atoms with van der Waals surface area (Å²) in [4.78, 5) is 19.5. The first kappa shape index (κ1) is 17.5. The lowest BCUT2D eigenvalue weighted by molar-refractivity contribution is -0.113. The Morgan fingerprint density at radius 1 is 1.31 bits per heavy atom. The minimum atomic E-state index is -0.270. The van der Waals surface area contributed by atoms with Crippen LogP contribution in [0.2, 0.25) is 0 Å². The van der Waals surface area contributed by atoms with Crippen molar-refractivity contribution in [2.45, 2.75) is 38.6 Å². The van der Waals surface area contributed by atoms with Gasteiger partial charge in [0.1, 0.15) is 5.82 Å². The second kappa shape index (κ2) is 6.50. The number of rotatable bonds is 4. The lowest BCUT2D eigenvalue weighted by Crippen LogP contribution is -2.34. The lowest BCUT2D eigenvalue weighted by Gasteiger charge is -2.30. The van der Waals surface area contributed by atoms with Crippen molar-refractivity contribution in [1.29, 1.82) is 0 Å². The van der Waals surface area contributed by atoms with Crippen LogP contribution in [0.25, 0.3) is 11.4 Å². The second-order valence-electron chi connectivity index (χ2n) is 7.51. The van der Waals surface area contributed by atoms with Crippen LogP contribution in [0.15, 0.2) is 35.5 Å². The fourth-order valence-corrected chi connectivity index (χ4v) is 3.65. The number of aromatic nitrogens is 7. The molecule has 1 fully saturated rings. The van der Waals surface area contributed by atoms with E-state index in [1.54, 1.807) is 4.68 Å². The Morgan fingerprint density at radius 3 is 2.93 bits per heavy atom. The van der Waals surface area contributed by atoms with E-state index >= 15 is 0 Å². The van der Waals surface area contributed by atoms with Crippen molar-refractivity contribution >= 4 is 17.5 Å². The van der Waals surface area contributed by atoms with Gasteiger partial charge in [-0.2, -0.15) is 5.10 Å². The summed E-state index contributed by atoms with van der Waals surface area (Å²) in [5.74, 6) is 2.52. The molecule has 29 heavy (non-hydrogen) atoms. The smallest absolute Gasteiger partial charge is 0.255 e. The first-order chi connectivity index (χ1) is 14.0. The van der Waals surface area contributed by atoms with E-state index in [1.165, 1.54) is 0 Å². The first-order valence-corrected chi connectivity index (χ1v) is 9.59. The average Bonchev–Trinajstić information content (AvgIpc) is 3.24. The van der Waals surface area contributed by atoms with Crippen LogP contribution in [0.4, 0.5) is 11.6 Å². The van der Waals surface area contributed by atoms with E-state index in [2.05, 4.69) is 36.0 Å². The third-order valence-corrected chi connectivity index (χ3v) is 5.54. The Morgan fingerprint density at radius 2 is 2.14 bits per heavy atom. The van der Waals surface area contributed by atoms with Crippen LogP contribution >= 0.6 is 0 Å². The number of tetrazole rings is 1. The van der Waals surface area contributed by atoms with Crippen LogP contribution in [0.3, 0.4) is 0 Å². The van der Waals surface area contributed by atoms with Gasteiger partial charge in [-0.3, -0.25) is 9.89 Å². The highest BCUT2D eigenvalue weighted by Crippen LogP contribution is 2.38. The van der Waals surface area contributed by atoms with E-state index in [0.717, 1.165) is 29.9 Å². The molecule has 2 aliphatic rings. The van der Waals surface area contributed by atoms with Gasteiger partial charge in [0.25, 0.3) is 5.91 Å². The highest BCUT2D eigenvalue weighted by Gasteiger charge is 2.32. The predicted octanol–water partition coefficient (Wildman–Crippen LogP) is 2.26. The average molecular weight is 391 g/mol. The monoisotopic (exact) mass is 391 g/mol. The summed E-state index contributed by atoms with van der Waals surface area (Å²) in [5, 5.41) is 22.1. The molecule has 0 radical (unpaired) electrons. The third kappa shape index (κ3) is 2.96. The maximum atomic E-state index is 13.1. The van der Waals surface area contributed by atoms with Crippen LogP contribution < -0.4 is 10.2 Å². The number of aromatic amines is 1. The van der Waals surface area contributed by atoms with Crippen LogP contribution in [0, 0.1) is 0 Å². The number of benzene rings is 1. The molecule has 1 aliphatic heterocycles. The Balaban J connectivity index is 1.40. The van der Waals surface area contributed by atoms with Gasteiger partial charge in [0.05, 0.1) is 11.6 Å². The van der Waals surface area contributed by atoms with Crippen molar-refractivity contribution in [1.82, 2.24) is 35.4 Å². The molecule has 148 valence electrons. The fraction of sp³-hybridized carbons (Fsp3) is 0.368. The topological polar surface area (TPSA) is 118 Å². The molecule has 5 rings (SSSR count). The maximum Gasteiger partial charge on any atom is 0.255 e. The molecular weight excluding hydrogens is 370 g/mol. The lowest BCUT2D eigenvalue weighted by atomic mass is 10.0. The van der Waals surface area contributed by atoms with Crippen molar-refractivity contribution in [3.05, 3.63) is 41.4 Å². The van der Waals surface area contributed by atoms with E-state index in [9.17, 15) is 4.79 Å². The van der Waals surface area contributed by atoms with Gasteiger partial charge in [-0.25, -0.2) is 9.67 Å². The van der Waals surface area contributed by atoms with Gasteiger partial charge in [-0.1, -0.05) is 17.2 Å². The van der Waals surface area contributed by atoms with Crippen LogP contribution in [0.1, 0.15) is 44.5 Å². The molecule has 1 saturated carbocycles. The number of amides is 1. The highest BCUT2D eigenvalue weighted by molar-refractivity contribution is 6.05. The summed E-state index contributed by atoms with van der Waals surface area (Å²) in [6, 6.07) is 7.28. The van der Waals surface area contributed by atoms with Gasteiger partial charge in [0.2, 0.25) is 5.95 Å². The number of hydrogen-bond donors (Lipinski definition) is 2. The number of allylic oxidation sites excluding steroid dienone is 1. The molecular formula is C19H21N9O. The highest BCUT2D eigenvalue weighted by atomic mass is 16.1. The quantitative estimate of drug-likeness (QED) is 0.700. The molecule has 3 heterocycles. The summed E-state index contributed by atoms with van der Waals surface area (Å²) >= 11 is 0. The molecule has 10 nitrogen and oxygen atoms in total. The Bertz CT molecular complexity index is 1120. The maximum absolute atomic E-state index is 13.1.